The van der Waals surface area contributed by atoms with Gasteiger partial charge in [0.2, 0.25) is 0 Å². The van der Waals surface area contributed by atoms with Crippen LogP contribution < -0.4 is 0 Å². The zero-order chi connectivity index (χ0) is 23.4. The van der Waals surface area contributed by atoms with Crippen molar-refractivity contribution in [1.82, 2.24) is 9.97 Å². The fourth-order valence-corrected chi connectivity index (χ4v) is 4.53. The quantitative estimate of drug-likeness (QED) is 0.317. The molecule has 6 nitrogen and oxygen atoms in total. The monoisotopic (exact) mass is 444 g/mol. The molecule has 2 heterocycles. The fourth-order valence-electron chi connectivity index (χ4n) is 4.53. The maximum absolute atomic E-state index is 12.4. The van der Waals surface area contributed by atoms with Gasteiger partial charge >= 0.3 is 11.9 Å². The Balaban J connectivity index is 1.70. The minimum absolute atomic E-state index is 0.266. The number of fused-ring (bicyclic) bond motifs is 4. The number of rotatable bonds is 3. The van der Waals surface area contributed by atoms with Crippen LogP contribution in [0.2, 0.25) is 0 Å². The van der Waals surface area contributed by atoms with E-state index in [0.29, 0.717) is 22.1 Å². The third-order valence-corrected chi connectivity index (χ3v) is 6.08. The van der Waals surface area contributed by atoms with Crippen molar-refractivity contribution in [3.05, 3.63) is 96.1 Å². The maximum atomic E-state index is 12.4. The molecule has 162 valence electrons. The van der Waals surface area contributed by atoms with Crippen LogP contribution in [-0.2, 0) is 0 Å². The number of carboxylic acids is 2. The highest BCUT2D eigenvalue weighted by Crippen LogP contribution is 2.35. The van der Waals surface area contributed by atoms with Gasteiger partial charge in [-0.05, 0) is 47.5 Å². The first-order chi connectivity index (χ1) is 16.5. The zero-order valence-corrected chi connectivity index (χ0v) is 17.7. The third-order valence-electron chi connectivity index (χ3n) is 6.08. The van der Waals surface area contributed by atoms with Crippen LogP contribution in [0.3, 0.4) is 0 Å². The molecule has 0 unspecified atom stereocenters. The van der Waals surface area contributed by atoms with Gasteiger partial charge in [-0.25, -0.2) is 19.6 Å². The first-order valence-corrected chi connectivity index (χ1v) is 10.6. The summed E-state index contributed by atoms with van der Waals surface area (Å²) in [5, 5.41) is 23.1. The average molecular weight is 444 g/mol. The molecule has 0 amide bonds. The summed E-state index contributed by atoms with van der Waals surface area (Å²) in [5.74, 6) is -2.62. The van der Waals surface area contributed by atoms with Crippen molar-refractivity contribution < 1.29 is 19.8 Å². The highest BCUT2D eigenvalue weighted by molar-refractivity contribution is 6.16. The summed E-state index contributed by atoms with van der Waals surface area (Å²) in [4.78, 5) is 34.0. The Morgan fingerprint density at radius 1 is 0.559 bits per heavy atom. The lowest BCUT2D eigenvalue weighted by Gasteiger charge is -2.14. The van der Waals surface area contributed by atoms with Crippen molar-refractivity contribution in [2.24, 2.45) is 0 Å². The molecule has 6 aromatic rings. The molecule has 34 heavy (non-hydrogen) atoms. The van der Waals surface area contributed by atoms with Crippen LogP contribution in [0.25, 0.3) is 54.7 Å². The van der Waals surface area contributed by atoms with Crippen molar-refractivity contribution in [3.8, 4) is 11.1 Å². The molecule has 0 aliphatic heterocycles. The van der Waals surface area contributed by atoms with Crippen LogP contribution in [0.5, 0.6) is 0 Å². The van der Waals surface area contributed by atoms with Crippen LogP contribution in [0.1, 0.15) is 20.7 Å². The van der Waals surface area contributed by atoms with E-state index in [4.69, 9.17) is 4.98 Å². The maximum Gasteiger partial charge on any atom is 0.337 e. The number of aromatic carboxylic acids is 2. The number of benzene rings is 4. The number of carboxylic acid groups (broad SMARTS) is 2. The van der Waals surface area contributed by atoms with Crippen LogP contribution in [0.15, 0.2) is 84.9 Å². The summed E-state index contributed by atoms with van der Waals surface area (Å²) < 4.78 is 0. The van der Waals surface area contributed by atoms with Crippen molar-refractivity contribution in [2.45, 2.75) is 0 Å². The number of aromatic nitrogens is 2. The smallest absolute Gasteiger partial charge is 0.337 e. The average Bonchev–Trinajstić information content (AvgIpc) is 2.84. The summed E-state index contributed by atoms with van der Waals surface area (Å²) in [6, 6.07) is 25.9. The number of para-hydroxylation sites is 2. The van der Waals surface area contributed by atoms with Gasteiger partial charge < -0.3 is 10.2 Å². The second kappa shape index (κ2) is 7.35. The molecule has 0 aliphatic rings. The number of carbonyl (C=O) groups is 2. The minimum Gasteiger partial charge on any atom is -0.478 e. The summed E-state index contributed by atoms with van der Waals surface area (Å²) >= 11 is 0. The van der Waals surface area contributed by atoms with E-state index < -0.39 is 11.9 Å². The molecule has 2 N–H and O–H groups in total. The molecule has 0 radical (unpaired) electrons. The van der Waals surface area contributed by atoms with E-state index in [9.17, 15) is 19.8 Å². The van der Waals surface area contributed by atoms with Crippen molar-refractivity contribution >= 4 is 55.6 Å². The first-order valence-electron chi connectivity index (χ1n) is 10.6. The number of hydrogen-bond donors (Lipinski definition) is 2. The first kappa shape index (κ1) is 19.8. The normalized spacial score (nSPS) is 11.4. The summed E-state index contributed by atoms with van der Waals surface area (Å²) in [6.07, 6.45) is 0. The van der Waals surface area contributed by atoms with Gasteiger partial charge in [0.15, 0.2) is 0 Å². The Bertz CT molecular complexity index is 1830. The van der Waals surface area contributed by atoms with E-state index >= 15 is 0 Å². The van der Waals surface area contributed by atoms with E-state index in [0.717, 1.165) is 21.7 Å². The van der Waals surface area contributed by atoms with E-state index in [1.807, 2.05) is 60.7 Å². The van der Waals surface area contributed by atoms with E-state index in [1.54, 1.807) is 24.3 Å². The lowest BCUT2D eigenvalue weighted by Crippen LogP contribution is -2.11. The number of nitrogens with zero attached hydrogens (tertiary/aromatic N) is 2. The lowest BCUT2D eigenvalue weighted by molar-refractivity contribution is 0.0654. The lowest BCUT2D eigenvalue weighted by atomic mass is 9.91. The molecule has 0 spiro atoms. The van der Waals surface area contributed by atoms with Crippen molar-refractivity contribution in [2.75, 3.05) is 0 Å². The Morgan fingerprint density at radius 2 is 1.15 bits per heavy atom. The Morgan fingerprint density at radius 3 is 1.82 bits per heavy atom. The van der Waals surface area contributed by atoms with Gasteiger partial charge in [0.05, 0.1) is 33.2 Å². The molecule has 0 atom stereocenters. The topological polar surface area (TPSA) is 100 Å². The summed E-state index contributed by atoms with van der Waals surface area (Å²) in [5.41, 5.74) is 2.94. The second-order valence-electron chi connectivity index (χ2n) is 8.12. The van der Waals surface area contributed by atoms with Crippen molar-refractivity contribution in [3.63, 3.8) is 0 Å². The minimum atomic E-state index is -1.31. The highest BCUT2D eigenvalue weighted by atomic mass is 16.4. The Kier molecular flexibility index (Phi) is 4.28. The molecule has 0 aliphatic carbocycles. The highest BCUT2D eigenvalue weighted by Gasteiger charge is 2.25. The number of pyridine rings is 2. The predicted octanol–water partition coefficient (Wildman–Crippen LogP) is 6.15. The molecule has 0 fully saturated rings. The third kappa shape index (κ3) is 3.04. The molecule has 0 bridgehead atoms. The van der Waals surface area contributed by atoms with Crippen LogP contribution >= 0.6 is 0 Å². The van der Waals surface area contributed by atoms with Crippen LogP contribution in [0.4, 0.5) is 0 Å². The van der Waals surface area contributed by atoms with E-state index in [-0.39, 0.29) is 22.1 Å². The zero-order valence-electron chi connectivity index (χ0n) is 17.7. The predicted molar refractivity (Wildman–Crippen MR) is 131 cm³/mol. The van der Waals surface area contributed by atoms with Crippen molar-refractivity contribution in [1.29, 1.82) is 0 Å². The number of hydrogen-bond acceptors (Lipinski definition) is 4. The van der Waals surface area contributed by atoms with Crippen LogP contribution in [-0.4, -0.2) is 32.1 Å². The molecule has 4 aromatic carbocycles. The molecule has 0 saturated heterocycles. The molecule has 2 aromatic heterocycles. The molecule has 6 heteroatoms. The molecule has 0 saturated carbocycles. The summed E-state index contributed by atoms with van der Waals surface area (Å²) in [7, 11) is 0. The van der Waals surface area contributed by atoms with Gasteiger partial charge in [0.25, 0.3) is 0 Å². The summed E-state index contributed by atoms with van der Waals surface area (Å²) in [6.45, 7) is 0. The van der Waals surface area contributed by atoms with Gasteiger partial charge in [-0.15, -0.1) is 0 Å². The van der Waals surface area contributed by atoms with E-state index in [2.05, 4.69) is 4.98 Å². The van der Waals surface area contributed by atoms with Gasteiger partial charge in [0.1, 0.15) is 0 Å². The molecular formula is C28H16N2O4. The van der Waals surface area contributed by atoms with Crippen LogP contribution in [0, 0.1) is 0 Å². The van der Waals surface area contributed by atoms with Gasteiger partial charge in [-0.2, -0.15) is 0 Å². The standard InChI is InChI=1S/C28H16N2O4/c31-27(32)25-19(15-9-10-18-11-16-5-1-3-7-21(16)29-23(18)13-15)14-24-20(26(25)28(33)34)12-17-6-2-4-8-22(17)30-24/h1-14H,(H,31,32)(H,33,34). The molecular weight excluding hydrogens is 428 g/mol. The second-order valence-corrected chi connectivity index (χ2v) is 8.12. The van der Waals surface area contributed by atoms with Gasteiger partial charge in [-0.3, -0.25) is 0 Å². The van der Waals surface area contributed by atoms with E-state index in [1.165, 1.54) is 0 Å². The largest absolute Gasteiger partial charge is 0.478 e. The SMILES string of the molecule is O=C(O)c1c(-c2ccc3cc4ccccc4nc3c2)cc2nc3ccccc3cc2c1C(=O)O. The van der Waals surface area contributed by atoms with Gasteiger partial charge in [-0.1, -0.05) is 48.5 Å². The molecule has 6 rings (SSSR count). The Hall–Kier alpha value is -4.84. The Labute approximate surface area is 192 Å². The van der Waals surface area contributed by atoms with Gasteiger partial charge in [0, 0.05) is 21.5 Å². The fraction of sp³-hybridized carbons (Fsp3) is 0.